The minimum atomic E-state index is -0.680. The van der Waals surface area contributed by atoms with Gasteiger partial charge in [-0.15, -0.1) is 0 Å². The fraction of sp³-hybridized carbons (Fsp3) is 0.143. The summed E-state index contributed by atoms with van der Waals surface area (Å²) in [7, 11) is 0. The second kappa shape index (κ2) is 8.67. The molecule has 2 amide bonds. The Morgan fingerprint density at radius 2 is 1.58 bits per heavy atom. The van der Waals surface area contributed by atoms with Crippen LogP contribution in [0.5, 0.6) is 0 Å². The Morgan fingerprint density at radius 3 is 2.23 bits per heavy atom. The Hall–Kier alpha value is -3.34. The molecular formula is C21H20N2O3. The first-order valence-electron chi connectivity index (χ1n) is 8.42. The predicted octanol–water partition coefficient (Wildman–Crippen LogP) is 2.94. The van der Waals surface area contributed by atoms with Gasteiger partial charge in [-0.3, -0.25) is 9.59 Å². The van der Waals surface area contributed by atoms with E-state index in [1.165, 1.54) is 0 Å². The number of carbonyl (C=O) groups is 2. The molecule has 5 nitrogen and oxygen atoms in total. The van der Waals surface area contributed by atoms with E-state index < -0.39 is 6.04 Å². The topological polar surface area (TPSA) is 71.3 Å². The normalized spacial score (nSPS) is 11.5. The molecule has 132 valence electrons. The van der Waals surface area contributed by atoms with Crippen molar-refractivity contribution in [2.45, 2.75) is 19.0 Å². The molecule has 0 aliphatic heterocycles. The SMILES string of the molecule is O=C(NC(Cc1ccccc1)C(=O)NCc1ccco1)c1ccccc1. The van der Waals surface area contributed by atoms with Crippen molar-refractivity contribution in [1.82, 2.24) is 10.6 Å². The molecule has 2 N–H and O–H groups in total. The van der Waals surface area contributed by atoms with Crippen LogP contribution in [0.15, 0.2) is 83.5 Å². The molecule has 3 aromatic rings. The molecule has 2 aromatic carbocycles. The number of nitrogens with one attached hydrogen (secondary N) is 2. The van der Waals surface area contributed by atoms with Gasteiger partial charge in [-0.05, 0) is 29.8 Å². The predicted molar refractivity (Wildman–Crippen MR) is 98.4 cm³/mol. The van der Waals surface area contributed by atoms with Gasteiger partial charge in [0.15, 0.2) is 0 Å². The van der Waals surface area contributed by atoms with E-state index in [9.17, 15) is 9.59 Å². The first kappa shape index (κ1) is 17.5. The summed E-state index contributed by atoms with van der Waals surface area (Å²) in [6.45, 7) is 0.276. The van der Waals surface area contributed by atoms with Gasteiger partial charge in [-0.1, -0.05) is 48.5 Å². The van der Waals surface area contributed by atoms with Crippen LogP contribution >= 0.6 is 0 Å². The average molecular weight is 348 g/mol. The third kappa shape index (κ3) is 4.83. The van der Waals surface area contributed by atoms with Gasteiger partial charge in [0, 0.05) is 12.0 Å². The van der Waals surface area contributed by atoms with E-state index in [1.807, 2.05) is 36.4 Å². The maximum Gasteiger partial charge on any atom is 0.251 e. The summed E-state index contributed by atoms with van der Waals surface area (Å²) >= 11 is 0. The molecule has 26 heavy (non-hydrogen) atoms. The van der Waals surface area contributed by atoms with Crippen molar-refractivity contribution in [3.63, 3.8) is 0 Å². The molecule has 0 bridgehead atoms. The number of carbonyl (C=O) groups excluding carboxylic acids is 2. The molecule has 5 heteroatoms. The van der Waals surface area contributed by atoms with Crippen LogP contribution in [0.4, 0.5) is 0 Å². The third-order valence-electron chi connectivity index (χ3n) is 3.96. The Kier molecular flexibility index (Phi) is 5.83. The average Bonchev–Trinajstić information content (AvgIpc) is 3.20. The summed E-state index contributed by atoms with van der Waals surface area (Å²) in [6, 6.07) is 21.3. The van der Waals surface area contributed by atoms with Crippen molar-refractivity contribution >= 4 is 11.8 Å². The van der Waals surface area contributed by atoms with Crippen LogP contribution in [0, 0.1) is 0 Å². The van der Waals surface area contributed by atoms with Crippen LogP contribution in [0.2, 0.25) is 0 Å². The van der Waals surface area contributed by atoms with Crippen LogP contribution in [-0.2, 0) is 17.8 Å². The Labute approximate surface area is 152 Å². The van der Waals surface area contributed by atoms with Crippen molar-refractivity contribution < 1.29 is 14.0 Å². The molecule has 0 saturated heterocycles. The highest BCUT2D eigenvalue weighted by molar-refractivity contribution is 5.97. The zero-order chi connectivity index (χ0) is 18.2. The van der Waals surface area contributed by atoms with Gasteiger partial charge in [0.05, 0.1) is 12.8 Å². The van der Waals surface area contributed by atoms with E-state index >= 15 is 0 Å². The maximum atomic E-state index is 12.6. The third-order valence-corrected chi connectivity index (χ3v) is 3.96. The number of rotatable bonds is 7. The molecule has 0 spiro atoms. The van der Waals surface area contributed by atoms with Gasteiger partial charge in [0.25, 0.3) is 5.91 Å². The quantitative estimate of drug-likeness (QED) is 0.690. The van der Waals surface area contributed by atoms with E-state index in [4.69, 9.17) is 4.42 Å². The van der Waals surface area contributed by atoms with Gasteiger partial charge in [0.1, 0.15) is 11.8 Å². The van der Waals surface area contributed by atoms with Crippen molar-refractivity contribution in [3.8, 4) is 0 Å². The largest absolute Gasteiger partial charge is 0.467 e. The van der Waals surface area contributed by atoms with E-state index in [1.54, 1.807) is 42.7 Å². The molecule has 0 saturated carbocycles. The smallest absolute Gasteiger partial charge is 0.251 e. The lowest BCUT2D eigenvalue weighted by molar-refractivity contribution is -0.123. The number of hydrogen-bond acceptors (Lipinski definition) is 3. The van der Waals surface area contributed by atoms with Crippen molar-refractivity contribution in [1.29, 1.82) is 0 Å². The highest BCUT2D eigenvalue weighted by Crippen LogP contribution is 2.07. The fourth-order valence-electron chi connectivity index (χ4n) is 2.60. The molecule has 0 fully saturated rings. The summed E-state index contributed by atoms with van der Waals surface area (Å²) in [5.74, 6) is 0.125. The molecule has 1 atom stereocenters. The first-order chi connectivity index (χ1) is 12.7. The highest BCUT2D eigenvalue weighted by atomic mass is 16.3. The van der Waals surface area contributed by atoms with Crippen LogP contribution in [-0.4, -0.2) is 17.9 Å². The standard InChI is InChI=1S/C21H20N2O3/c24-20(17-10-5-2-6-11-17)23-19(14-16-8-3-1-4-9-16)21(25)22-15-18-12-7-13-26-18/h1-13,19H,14-15H2,(H,22,25)(H,23,24). The van der Waals surface area contributed by atoms with Crippen LogP contribution in [0.3, 0.4) is 0 Å². The van der Waals surface area contributed by atoms with Gasteiger partial charge < -0.3 is 15.1 Å². The lowest BCUT2D eigenvalue weighted by Crippen LogP contribution is -2.47. The molecule has 0 aliphatic rings. The van der Waals surface area contributed by atoms with Crippen LogP contribution in [0.1, 0.15) is 21.7 Å². The van der Waals surface area contributed by atoms with Gasteiger partial charge in [-0.2, -0.15) is 0 Å². The minimum Gasteiger partial charge on any atom is -0.467 e. The van der Waals surface area contributed by atoms with E-state index in [2.05, 4.69) is 10.6 Å². The second-order valence-electron chi connectivity index (χ2n) is 5.88. The summed E-state index contributed by atoms with van der Waals surface area (Å²) in [5.41, 5.74) is 1.49. The van der Waals surface area contributed by atoms with Crippen LogP contribution in [0.25, 0.3) is 0 Å². The monoisotopic (exact) mass is 348 g/mol. The lowest BCUT2D eigenvalue weighted by Gasteiger charge is -2.18. The summed E-state index contributed by atoms with van der Waals surface area (Å²) in [5, 5.41) is 5.64. The summed E-state index contributed by atoms with van der Waals surface area (Å²) in [4.78, 5) is 25.1. The van der Waals surface area contributed by atoms with Gasteiger partial charge in [0.2, 0.25) is 5.91 Å². The van der Waals surface area contributed by atoms with Crippen molar-refractivity contribution in [3.05, 3.63) is 95.9 Å². The van der Waals surface area contributed by atoms with Crippen molar-refractivity contribution in [2.24, 2.45) is 0 Å². The molecule has 1 heterocycles. The second-order valence-corrected chi connectivity index (χ2v) is 5.88. The molecule has 1 unspecified atom stereocenters. The molecule has 3 rings (SSSR count). The Morgan fingerprint density at radius 1 is 0.885 bits per heavy atom. The van der Waals surface area contributed by atoms with Gasteiger partial charge in [-0.25, -0.2) is 0 Å². The fourth-order valence-corrected chi connectivity index (χ4v) is 2.60. The van der Waals surface area contributed by atoms with E-state index in [0.29, 0.717) is 17.7 Å². The number of benzene rings is 2. The zero-order valence-corrected chi connectivity index (χ0v) is 14.2. The van der Waals surface area contributed by atoms with Gasteiger partial charge >= 0.3 is 0 Å². The van der Waals surface area contributed by atoms with Crippen LogP contribution < -0.4 is 10.6 Å². The highest BCUT2D eigenvalue weighted by Gasteiger charge is 2.22. The molecular weight excluding hydrogens is 328 g/mol. The van der Waals surface area contributed by atoms with Crippen molar-refractivity contribution in [2.75, 3.05) is 0 Å². The minimum absolute atomic E-state index is 0.255. The number of hydrogen-bond donors (Lipinski definition) is 2. The first-order valence-corrected chi connectivity index (χ1v) is 8.42. The van der Waals surface area contributed by atoms with E-state index in [0.717, 1.165) is 5.56 Å². The maximum absolute atomic E-state index is 12.6. The lowest BCUT2D eigenvalue weighted by atomic mass is 10.0. The summed E-state index contributed by atoms with van der Waals surface area (Å²) < 4.78 is 5.23. The number of furan rings is 1. The Balaban J connectivity index is 1.70. The Bertz CT molecular complexity index is 830. The molecule has 1 aromatic heterocycles. The number of amides is 2. The molecule has 0 aliphatic carbocycles. The molecule has 0 radical (unpaired) electrons. The zero-order valence-electron chi connectivity index (χ0n) is 14.2. The summed E-state index contributed by atoms with van der Waals surface area (Å²) in [6.07, 6.45) is 1.96. The van der Waals surface area contributed by atoms with E-state index in [-0.39, 0.29) is 18.4 Å².